The minimum Gasteiger partial charge on any atom is -0.235 e. The van der Waals surface area contributed by atoms with Crippen molar-refractivity contribution in [2.45, 2.75) is 0 Å². The molecule has 0 atom stereocenters. The predicted molar refractivity (Wildman–Crippen MR) is 45.4 cm³/mol. The Balaban J connectivity index is 3.39. The van der Waals surface area contributed by atoms with E-state index < -0.39 is 5.82 Å². The molecule has 0 aliphatic rings. The van der Waals surface area contributed by atoms with Crippen LogP contribution in [0.2, 0.25) is 5.02 Å². The summed E-state index contributed by atoms with van der Waals surface area (Å²) >= 11 is 8.50. The maximum Gasteiger partial charge on any atom is 0.224 e. The fourth-order valence-corrected chi connectivity index (χ4v) is 1.42. The topological polar surface area (TPSA) is 4.36 Å². The Morgan fingerprint density at radius 2 is 2.18 bits per heavy atom. The van der Waals surface area contributed by atoms with Crippen LogP contribution in [0, 0.1) is 12.4 Å². The molecule has 0 aliphatic heterocycles. The zero-order chi connectivity index (χ0) is 8.43. The lowest BCUT2D eigenvalue weighted by Gasteiger charge is -1.96. The molecule has 0 amide bonds. The van der Waals surface area contributed by atoms with E-state index in [9.17, 15) is 4.39 Å². The van der Waals surface area contributed by atoms with Crippen molar-refractivity contribution in [2.24, 2.45) is 0 Å². The first-order valence-electron chi connectivity index (χ1n) is 2.67. The van der Waals surface area contributed by atoms with Crippen molar-refractivity contribution in [1.29, 1.82) is 0 Å². The Hall–Kier alpha value is -0.590. The molecule has 4 heteroatoms. The highest BCUT2D eigenvalue weighted by Gasteiger charge is 2.06. The molecule has 0 N–H and O–H groups in total. The quantitative estimate of drug-likeness (QED) is 0.475. The van der Waals surface area contributed by atoms with Gasteiger partial charge >= 0.3 is 0 Å². The molecule has 0 aliphatic carbocycles. The molecule has 0 saturated heterocycles. The van der Waals surface area contributed by atoms with Crippen molar-refractivity contribution in [3.8, 4) is 0 Å². The van der Waals surface area contributed by atoms with E-state index in [1.54, 1.807) is 0 Å². The second kappa shape index (κ2) is 3.21. The van der Waals surface area contributed by atoms with E-state index in [-0.39, 0.29) is 10.2 Å². The molecule has 0 bridgehead atoms. The number of halogens is 3. The summed E-state index contributed by atoms with van der Waals surface area (Å²) in [6, 6.07) is 2.69. The molecular weight excluding hydrogens is 232 g/mol. The molecule has 11 heavy (non-hydrogen) atoms. The lowest BCUT2D eigenvalue weighted by Crippen LogP contribution is -1.76. The van der Waals surface area contributed by atoms with E-state index in [1.165, 1.54) is 12.1 Å². The van der Waals surface area contributed by atoms with Crippen molar-refractivity contribution in [3.63, 3.8) is 0 Å². The summed E-state index contributed by atoms with van der Waals surface area (Å²) in [6.07, 6.45) is 0. The third-order valence-electron chi connectivity index (χ3n) is 1.09. The Morgan fingerprint density at radius 3 is 2.73 bits per heavy atom. The van der Waals surface area contributed by atoms with Gasteiger partial charge in [0.1, 0.15) is 5.82 Å². The maximum absolute atomic E-state index is 12.9. The molecule has 0 spiro atoms. The molecule has 0 fully saturated rings. The van der Waals surface area contributed by atoms with Gasteiger partial charge in [-0.05, 0) is 28.1 Å². The van der Waals surface area contributed by atoms with Crippen LogP contribution in [0.3, 0.4) is 0 Å². The van der Waals surface area contributed by atoms with Crippen LogP contribution in [0.5, 0.6) is 0 Å². The van der Waals surface area contributed by atoms with Gasteiger partial charge in [-0.2, -0.15) is 0 Å². The fraction of sp³-hybridized carbons (Fsp3) is 0. The first-order chi connectivity index (χ1) is 5.15. The van der Waals surface area contributed by atoms with Gasteiger partial charge in [-0.3, -0.25) is 0 Å². The van der Waals surface area contributed by atoms with Crippen LogP contribution in [0.1, 0.15) is 0 Å². The smallest absolute Gasteiger partial charge is 0.224 e. The number of benzene rings is 1. The van der Waals surface area contributed by atoms with E-state index in [0.717, 1.165) is 0 Å². The van der Waals surface area contributed by atoms with Crippen molar-refractivity contribution in [1.82, 2.24) is 0 Å². The number of hydrogen-bond acceptors (Lipinski definition) is 0. The van der Waals surface area contributed by atoms with E-state index in [2.05, 4.69) is 20.8 Å². The SMILES string of the molecule is [C-]#[N+]c1cc(Cl)cc(Br)c1F. The highest BCUT2D eigenvalue weighted by Crippen LogP contribution is 2.29. The number of hydrogen-bond donors (Lipinski definition) is 0. The van der Waals surface area contributed by atoms with Gasteiger partial charge in [0.2, 0.25) is 5.69 Å². The lowest BCUT2D eigenvalue weighted by molar-refractivity contribution is 0.627. The van der Waals surface area contributed by atoms with E-state index in [1.807, 2.05) is 0 Å². The molecule has 56 valence electrons. The van der Waals surface area contributed by atoms with Crippen LogP contribution in [0.4, 0.5) is 10.1 Å². The van der Waals surface area contributed by atoms with Crippen molar-refractivity contribution >= 4 is 33.2 Å². The summed E-state index contributed by atoms with van der Waals surface area (Å²) in [6.45, 7) is 6.58. The van der Waals surface area contributed by atoms with Crippen LogP contribution >= 0.6 is 27.5 Å². The molecule has 0 heterocycles. The third kappa shape index (κ3) is 1.70. The highest BCUT2D eigenvalue weighted by atomic mass is 79.9. The summed E-state index contributed by atoms with van der Waals surface area (Å²) in [4.78, 5) is 2.95. The molecule has 0 aromatic heterocycles. The minimum atomic E-state index is -0.565. The minimum absolute atomic E-state index is 0.0654. The van der Waals surface area contributed by atoms with Gasteiger partial charge in [-0.25, -0.2) is 9.24 Å². The first kappa shape index (κ1) is 8.51. The second-order valence-corrected chi connectivity index (χ2v) is 3.12. The van der Waals surface area contributed by atoms with Gasteiger partial charge in [0.15, 0.2) is 0 Å². The fourth-order valence-electron chi connectivity index (χ4n) is 0.624. The molecule has 1 rings (SSSR count). The summed E-state index contributed by atoms with van der Waals surface area (Å²) < 4.78 is 13.1. The van der Waals surface area contributed by atoms with Crippen LogP contribution in [0.15, 0.2) is 16.6 Å². The number of rotatable bonds is 0. The normalized spacial score (nSPS) is 9.27. The summed E-state index contributed by atoms with van der Waals surface area (Å²) in [5, 5.41) is 0.351. The van der Waals surface area contributed by atoms with Gasteiger partial charge in [0.25, 0.3) is 0 Å². The molecule has 1 aromatic carbocycles. The van der Waals surface area contributed by atoms with E-state index in [0.29, 0.717) is 5.02 Å². The van der Waals surface area contributed by atoms with Gasteiger partial charge in [0, 0.05) is 9.50 Å². The van der Waals surface area contributed by atoms with Crippen LogP contribution in [-0.2, 0) is 0 Å². The van der Waals surface area contributed by atoms with Gasteiger partial charge in [-0.15, -0.1) is 0 Å². The molecule has 1 aromatic rings. The van der Waals surface area contributed by atoms with Crippen LogP contribution in [-0.4, -0.2) is 0 Å². The molecule has 1 nitrogen and oxygen atoms in total. The molecule has 0 saturated carbocycles. The zero-order valence-electron chi connectivity index (χ0n) is 5.24. The largest absolute Gasteiger partial charge is 0.235 e. The third-order valence-corrected chi connectivity index (χ3v) is 1.89. The predicted octanol–water partition coefficient (Wildman–Crippen LogP) is 3.79. The highest BCUT2D eigenvalue weighted by molar-refractivity contribution is 9.10. The Labute approximate surface area is 76.7 Å². The molecule has 0 radical (unpaired) electrons. The van der Waals surface area contributed by atoms with Gasteiger partial charge in [-0.1, -0.05) is 11.6 Å². The van der Waals surface area contributed by atoms with Gasteiger partial charge in [0.05, 0.1) is 6.57 Å². The van der Waals surface area contributed by atoms with Crippen molar-refractivity contribution in [3.05, 3.63) is 38.9 Å². The average Bonchev–Trinajstić information content (AvgIpc) is 1.96. The van der Waals surface area contributed by atoms with Crippen LogP contribution in [0.25, 0.3) is 4.85 Å². The Morgan fingerprint density at radius 1 is 1.55 bits per heavy atom. The molecular formula is C7H2BrClFN. The Bertz CT molecular complexity index is 332. The number of nitrogens with zero attached hydrogens (tertiary/aromatic N) is 1. The summed E-state index contributed by atoms with van der Waals surface area (Å²) in [7, 11) is 0. The van der Waals surface area contributed by atoms with Crippen molar-refractivity contribution in [2.75, 3.05) is 0 Å². The first-order valence-corrected chi connectivity index (χ1v) is 3.84. The van der Waals surface area contributed by atoms with E-state index >= 15 is 0 Å². The van der Waals surface area contributed by atoms with Gasteiger partial charge < -0.3 is 0 Å². The summed E-state index contributed by atoms with van der Waals surface area (Å²) in [5.41, 5.74) is -0.0654. The monoisotopic (exact) mass is 233 g/mol. The standard InChI is InChI=1S/C7H2BrClFN/c1-11-6-3-4(9)2-5(8)7(6)10/h2-3H. The second-order valence-electron chi connectivity index (χ2n) is 1.83. The van der Waals surface area contributed by atoms with E-state index in [4.69, 9.17) is 18.2 Å². The molecule has 0 unspecified atom stereocenters. The maximum atomic E-state index is 12.9. The zero-order valence-corrected chi connectivity index (χ0v) is 7.58. The van der Waals surface area contributed by atoms with Crippen molar-refractivity contribution < 1.29 is 4.39 Å². The summed E-state index contributed by atoms with van der Waals surface area (Å²) in [5.74, 6) is -0.565. The average molecular weight is 234 g/mol. The Kier molecular flexibility index (Phi) is 2.48. The van der Waals surface area contributed by atoms with Crippen LogP contribution < -0.4 is 0 Å². The lowest BCUT2D eigenvalue weighted by atomic mass is 10.3.